The molecule has 0 unspecified atom stereocenters. The number of nitrogens with zero attached hydrogens (tertiary/aromatic N) is 5. The SMILES string of the molecule is c1ccc(N(c2ccccc2)c2cc3c4c(c2)c2c5ccccc5ccc2n4-c2ccc(-c4cc(-c5ccccn5)nc(-c5ccccn5)c4)cc2S3)cc1. The highest BCUT2D eigenvalue weighted by molar-refractivity contribution is 7.99. The monoisotopic (exact) mass is 721 g/mol. The summed E-state index contributed by atoms with van der Waals surface area (Å²) in [6, 6.07) is 62.4. The topological polar surface area (TPSA) is 46.8 Å². The zero-order chi connectivity index (χ0) is 36.3. The van der Waals surface area contributed by atoms with E-state index in [2.05, 4.69) is 159 Å². The van der Waals surface area contributed by atoms with E-state index in [9.17, 15) is 0 Å². The van der Waals surface area contributed by atoms with Crippen molar-refractivity contribution in [3.63, 3.8) is 0 Å². The average molecular weight is 722 g/mol. The molecule has 6 heteroatoms. The Labute approximate surface area is 322 Å². The van der Waals surface area contributed by atoms with Crippen LogP contribution >= 0.6 is 11.8 Å². The Hall–Kier alpha value is -7.02. The molecule has 0 atom stereocenters. The van der Waals surface area contributed by atoms with Crippen molar-refractivity contribution in [2.75, 3.05) is 4.90 Å². The lowest BCUT2D eigenvalue weighted by atomic mass is 10.0. The molecule has 0 amide bonds. The maximum atomic E-state index is 5.03. The van der Waals surface area contributed by atoms with Crippen LogP contribution in [0.3, 0.4) is 0 Å². The summed E-state index contributed by atoms with van der Waals surface area (Å²) in [7, 11) is 0. The zero-order valence-electron chi connectivity index (χ0n) is 29.5. The fourth-order valence-electron chi connectivity index (χ4n) is 7.99. The maximum absolute atomic E-state index is 5.03. The van der Waals surface area contributed by atoms with Crippen LogP contribution in [0.15, 0.2) is 198 Å². The summed E-state index contributed by atoms with van der Waals surface area (Å²) in [6.45, 7) is 0. The molecule has 0 spiro atoms. The highest BCUT2D eigenvalue weighted by Gasteiger charge is 2.27. The summed E-state index contributed by atoms with van der Waals surface area (Å²) in [5.41, 5.74) is 12.4. The number of hydrogen-bond acceptors (Lipinski definition) is 5. The average Bonchev–Trinajstić information content (AvgIpc) is 3.60. The Morgan fingerprint density at radius 2 is 1.11 bits per heavy atom. The summed E-state index contributed by atoms with van der Waals surface area (Å²) in [4.78, 5) is 19.1. The number of pyridine rings is 3. The molecule has 258 valence electrons. The summed E-state index contributed by atoms with van der Waals surface area (Å²) in [5.74, 6) is 0. The van der Waals surface area contributed by atoms with Crippen molar-refractivity contribution in [1.29, 1.82) is 0 Å². The van der Waals surface area contributed by atoms with Gasteiger partial charge >= 0.3 is 0 Å². The summed E-state index contributed by atoms with van der Waals surface area (Å²) in [5, 5.41) is 5.00. The number of rotatable bonds is 6. The number of benzene rings is 6. The predicted octanol–water partition coefficient (Wildman–Crippen LogP) is 13.1. The number of fused-ring (bicyclic) bond motifs is 7. The highest BCUT2D eigenvalue weighted by atomic mass is 32.2. The van der Waals surface area contributed by atoms with Gasteiger partial charge in [-0.2, -0.15) is 0 Å². The van der Waals surface area contributed by atoms with Crippen LogP contribution in [-0.4, -0.2) is 19.5 Å². The van der Waals surface area contributed by atoms with Gasteiger partial charge in [0.25, 0.3) is 0 Å². The minimum absolute atomic E-state index is 0.811. The number of para-hydroxylation sites is 2. The van der Waals surface area contributed by atoms with Crippen molar-refractivity contribution in [1.82, 2.24) is 19.5 Å². The quantitative estimate of drug-likeness (QED) is 0.171. The number of hydrogen-bond donors (Lipinski definition) is 0. The van der Waals surface area contributed by atoms with E-state index in [1.807, 2.05) is 60.6 Å². The van der Waals surface area contributed by atoms with Gasteiger partial charge in [0.2, 0.25) is 0 Å². The van der Waals surface area contributed by atoms with E-state index in [1.54, 1.807) is 0 Å². The van der Waals surface area contributed by atoms with Crippen LogP contribution in [0.4, 0.5) is 17.1 Å². The van der Waals surface area contributed by atoms with E-state index in [1.165, 1.54) is 48.1 Å². The molecular formula is C49H31N5S. The van der Waals surface area contributed by atoms with Crippen LogP contribution in [-0.2, 0) is 0 Å². The molecular weight excluding hydrogens is 691 g/mol. The second kappa shape index (κ2) is 12.8. The number of anilines is 3. The van der Waals surface area contributed by atoms with Crippen LogP contribution < -0.4 is 4.90 Å². The summed E-state index contributed by atoms with van der Waals surface area (Å²) in [6.07, 6.45) is 3.63. The molecule has 1 aliphatic rings. The van der Waals surface area contributed by atoms with Gasteiger partial charge in [0, 0.05) is 50.0 Å². The first kappa shape index (κ1) is 31.5. The van der Waals surface area contributed by atoms with Crippen molar-refractivity contribution in [2.45, 2.75) is 9.79 Å². The second-order valence-corrected chi connectivity index (χ2v) is 14.8. The minimum atomic E-state index is 0.811. The maximum Gasteiger partial charge on any atom is 0.0900 e. The Bertz CT molecular complexity index is 2960. The molecule has 0 saturated carbocycles. The molecule has 0 N–H and O–H groups in total. The van der Waals surface area contributed by atoms with Crippen LogP contribution in [0.25, 0.3) is 72.2 Å². The van der Waals surface area contributed by atoms with Gasteiger partial charge in [0.15, 0.2) is 0 Å². The first-order chi connectivity index (χ1) is 27.3. The van der Waals surface area contributed by atoms with Crippen molar-refractivity contribution in [3.05, 3.63) is 188 Å². The molecule has 5 nitrogen and oxygen atoms in total. The Kier molecular flexibility index (Phi) is 7.35. The van der Waals surface area contributed by atoms with Crippen molar-refractivity contribution in [3.8, 4) is 39.6 Å². The Morgan fingerprint density at radius 3 is 1.78 bits per heavy atom. The minimum Gasteiger partial charge on any atom is -0.310 e. The highest BCUT2D eigenvalue weighted by Crippen LogP contribution is 2.51. The van der Waals surface area contributed by atoms with Gasteiger partial charge in [-0.1, -0.05) is 96.7 Å². The van der Waals surface area contributed by atoms with Gasteiger partial charge < -0.3 is 9.47 Å². The van der Waals surface area contributed by atoms with Gasteiger partial charge in [0.1, 0.15) is 0 Å². The van der Waals surface area contributed by atoms with Crippen LogP contribution in [0, 0.1) is 0 Å². The first-order valence-corrected chi connectivity index (χ1v) is 19.2. The lowest BCUT2D eigenvalue weighted by Crippen LogP contribution is -2.10. The molecule has 4 aromatic heterocycles. The van der Waals surface area contributed by atoms with E-state index in [4.69, 9.17) is 4.98 Å². The van der Waals surface area contributed by atoms with Gasteiger partial charge in [-0.25, -0.2) is 4.98 Å². The first-order valence-electron chi connectivity index (χ1n) is 18.3. The van der Waals surface area contributed by atoms with Gasteiger partial charge in [-0.3, -0.25) is 9.97 Å². The number of aromatic nitrogens is 4. The molecule has 6 aromatic carbocycles. The van der Waals surface area contributed by atoms with Gasteiger partial charge in [0.05, 0.1) is 39.5 Å². The molecule has 5 heterocycles. The smallest absolute Gasteiger partial charge is 0.0900 e. The van der Waals surface area contributed by atoms with Crippen LogP contribution in [0.2, 0.25) is 0 Å². The third-order valence-electron chi connectivity index (χ3n) is 10.4. The lowest BCUT2D eigenvalue weighted by Gasteiger charge is -2.27. The fourth-order valence-corrected chi connectivity index (χ4v) is 9.15. The van der Waals surface area contributed by atoms with E-state index < -0.39 is 0 Å². The molecule has 11 rings (SSSR count). The molecule has 55 heavy (non-hydrogen) atoms. The van der Waals surface area contributed by atoms with Crippen LogP contribution in [0.1, 0.15) is 0 Å². The van der Waals surface area contributed by atoms with Crippen LogP contribution in [0.5, 0.6) is 0 Å². The Balaban J connectivity index is 1.15. The second-order valence-electron chi connectivity index (χ2n) is 13.7. The Morgan fingerprint density at radius 1 is 0.455 bits per heavy atom. The largest absolute Gasteiger partial charge is 0.310 e. The lowest BCUT2D eigenvalue weighted by molar-refractivity contribution is 1.09. The van der Waals surface area contributed by atoms with E-state index in [0.717, 1.165) is 51.0 Å². The molecule has 0 fully saturated rings. The van der Waals surface area contributed by atoms with E-state index in [-0.39, 0.29) is 0 Å². The molecule has 1 aliphatic heterocycles. The van der Waals surface area contributed by atoms with Gasteiger partial charge in [-0.05, 0) is 113 Å². The zero-order valence-corrected chi connectivity index (χ0v) is 30.4. The standard InChI is InChI=1S/C49H31N5S/c1-3-14-35(15-4-1)53(36-16-5-2-6-17-36)37-30-39-48-38-18-8-7-13-32(38)21-24-45(48)54-44-23-22-33(29-46(44)55-47(31-37)49(39)54)34-27-42(40-19-9-11-25-50-40)52-43(28-34)41-20-10-12-26-51-41/h1-31H. The normalized spacial score (nSPS) is 11.9. The molecule has 0 bridgehead atoms. The molecule has 0 aliphatic carbocycles. The summed E-state index contributed by atoms with van der Waals surface area (Å²) >= 11 is 1.84. The van der Waals surface area contributed by atoms with Crippen molar-refractivity contribution in [2.24, 2.45) is 0 Å². The van der Waals surface area contributed by atoms with Crippen molar-refractivity contribution < 1.29 is 0 Å². The van der Waals surface area contributed by atoms with Crippen molar-refractivity contribution >= 4 is 61.4 Å². The van der Waals surface area contributed by atoms with E-state index in [0.29, 0.717) is 0 Å². The third kappa shape index (κ3) is 5.30. The van der Waals surface area contributed by atoms with E-state index >= 15 is 0 Å². The third-order valence-corrected chi connectivity index (χ3v) is 11.5. The predicted molar refractivity (Wildman–Crippen MR) is 227 cm³/mol. The molecule has 10 aromatic rings. The summed E-state index contributed by atoms with van der Waals surface area (Å²) < 4.78 is 2.48. The molecule has 0 radical (unpaired) electrons. The fraction of sp³-hybridized carbons (Fsp3) is 0. The van der Waals surface area contributed by atoms with Gasteiger partial charge in [-0.15, -0.1) is 0 Å². The molecule has 0 saturated heterocycles.